The molecule has 4 aromatic rings. The van der Waals surface area contributed by atoms with Gasteiger partial charge in [0, 0.05) is 27.9 Å². The standard InChI is InChI=1S/C22H18ClN3O2S/c1-28-18-10-8-17(9-11-18)24-21(27)13-26-12-2-3-20(26)22-25-19(14-29-22)15-4-6-16(23)7-5-15/h2-12,14H,13H2,1H3,(H,24,27). The molecule has 0 aliphatic carbocycles. The average molecular weight is 424 g/mol. The molecule has 146 valence electrons. The second-order valence-electron chi connectivity index (χ2n) is 6.34. The molecule has 0 unspecified atom stereocenters. The van der Waals surface area contributed by atoms with Crippen LogP contribution in [-0.2, 0) is 11.3 Å². The number of hydrogen-bond acceptors (Lipinski definition) is 4. The van der Waals surface area contributed by atoms with Gasteiger partial charge in [-0.15, -0.1) is 11.3 Å². The van der Waals surface area contributed by atoms with Gasteiger partial charge in [-0.1, -0.05) is 23.7 Å². The molecule has 1 N–H and O–H groups in total. The van der Waals surface area contributed by atoms with Crippen LogP contribution in [0.1, 0.15) is 0 Å². The van der Waals surface area contributed by atoms with Crippen LogP contribution < -0.4 is 10.1 Å². The van der Waals surface area contributed by atoms with Crippen molar-refractivity contribution >= 4 is 34.5 Å². The summed E-state index contributed by atoms with van der Waals surface area (Å²) in [7, 11) is 1.61. The highest BCUT2D eigenvalue weighted by Gasteiger charge is 2.13. The zero-order chi connectivity index (χ0) is 20.2. The number of methoxy groups -OCH3 is 1. The first-order valence-corrected chi connectivity index (χ1v) is 10.2. The van der Waals surface area contributed by atoms with Crippen molar-refractivity contribution in [2.45, 2.75) is 6.54 Å². The van der Waals surface area contributed by atoms with Crippen LogP contribution >= 0.6 is 22.9 Å². The lowest BCUT2D eigenvalue weighted by Gasteiger charge is -2.09. The highest BCUT2D eigenvalue weighted by atomic mass is 35.5. The van der Waals surface area contributed by atoms with Gasteiger partial charge in [0.2, 0.25) is 5.91 Å². The van der Waals surface area contributed by atoms with E-state index in [2.05, 4.69) is 5.32 Å². The summed E-state index contributed by atoms with van der Waals surface area (Å²) in [5, 5.41) is 6.46. The highest BCUT2D eigenvalue weighted by Crippen LogP contribution is 2.30. The summed E-state index contributed by atoms with van der Waals surface area (Å²) >= 11 is 7.51. The number of anilines is 1. The molecule has 2 heterocycles. The smallest absolute Gasteiger partial charge is 0.244 e. The van der Waals surface area contributed by atoms with Gasteiger partial charge in [0.05, 0.1) is 18.5 Å². The number of carbonyl (C=O) groups is 1. The first-order valence-electron chi connectivity index (χ1n) is 8.93. The SMILES string of the molecule is COc1ccc(NC(=O)Cn2cccc2-c2nc(-c3ccc(Cl)cc3)cs2)cc1. The van der Waals surface area contributed by atoms with Crippen LogP contribution in [0.25, 0.3) is 22.0 Å². The van der Waals surface area contributed by atoms with Gasteiger partial charge in [-0.3, -0.25) is 4.79 Å². The number of halogens is 1. The van der Waals surface area contributed by atoms with Gasteiger partial charge in [-0.05, 0) is 48.5 Å². The third-order valence-corrected chi connectivity index (χ3v) is 5.50. The Labute approximate surface area is 177 Å². The number of amides is 1. The Balaban J connectivity index is 1.48. The maximum atomic E-state index is 12.5. The van der Waals surface area contributed by atoms with E-state index in [0.29, 0.717) is 5.02 Å². The quantitative estimate of drug-likeness (QED) is 0.440. The lowest BCUT2D eigenvalue weighted by molar-refractivity contribution is -0.116. The monoisotopic (exact) mass is 423 g/mol. The first-order chi connectivity index (χ1) is 14.1. The van der Waals surface area contributed by atoms with Crippen molar-refractivity contribution in [3.8, 4) is 27.7 Å². The van der Waals surface area contributed by atoms with Crippen molar-refractivity contribution in [2.24, 2.45) is 0 Å². The summed E-state index contributed by atoms with van der Waals surface area (Å²) in [5.74, 6) is 0.637. The van der Waals surface area contributed by atoms with E-state index in [4.69, 9.17) is 21.3 Å². The van der Waals surface area contributed by atoms with Crippen LogP contribution in [-0.4, -0.2) is 22.6 Å². The Kier molecular flexibility index (Phi) is 5.64. The topological polar surface area (TPSA) is 56.1 Å². The van der Waals surface area contributed by atoms with Crippen LogP contribution in [0.15, 0.2) is 72.2 Å². The number of hydrogen-bond donors (Lipinski definition) is 1. The van der Waals surface area contributed by atoms with Gasteiger partial charge in [-0.25, -0.2) is 4.98 Å². The van der Waals surface area contributed by atoms with E-state index in [1.807, 2.05) is 76.8 Å². The molecule has 0 atom stereocenters. The van der Waals surface area contributed by atoms with E-state index >= 15 is 0 Å². The Morgan fingerprint density at radius 2 is 1.90 bits per heavy atom. The maximum absolute atomic E-state index is 12.5. The van der Waals surface area contributed by atoms with Crippen LogP contribution in [0, 0.1) is 0 Å². The molecule has 4 rings (SSSR count). The van der Waals surface area contributed by atoms with E-state index in [0.717, 1.165) is 33.4 Å². The fourth-order valence-electron chi connectivity index (χ4n) is 2.92. The van der Waals surface area contributed by atoms with E-state index in [1.54, 1.807) is 18.4 Å². The molecule has 0 saturated carbocycles. The largest absolute Gasteiger partial charge is 0.497 e. The summed E-state index contributed by atoms with van der Waals surface area (Å²) in [6.45, 7) is 0.199. The van der Waals surface area contributed by atoms with E-state index in [9.17, 15) is 4.79 Å². The van der Waals surface area contributed by atoms with Gasteiger partial charge in [0.1, 0.15) is 17.3 Å². The van der Waals surface area contributed by atoms with E-state index in [1.165, 1.54) is 0 Å². The fraction of sp³-hybridized carbons (Fsp3) is 0.0909. The predicted molar refractivity (Wildman–Crippen MR) is 118 cm³/mol. The van der Waals surface area contributed by atoms with Crippen molar-refractivity contribution in [3.63, 3.8) is 0 Å². The number of nitrogens with zero attached hydrogens (tertiary/aromatic N) is 2. The maximum Gasteiger partial charge on any atom is 0.244 e. The summed E-state index contributed by atoms with van der Waals surface area (Å²) in [6.07, 6.45) is 1.88. The van der Waals surface area contributed by atoms with Crippen LogP contribution in [0.2, 0.25) is 5.02 Å². The molecule has 7 heteroatoms. The molecule has 0 aliphatic rings. The minimum absolute atomic E-state index is 0.109. The molecule has 0 spiro atoms. The van der Waals surface area contributed by atoms with Crippen molar-refractivity contribution in [1.29, 1.82) is 0 Å². The summed E-state index contributed by atoms with van der Waals surface area (Å²) in [6, 6.07) is 18.7. The molecule has 0 bridgehead atoms. The van der Waals surface area contributed by atoms with E-state index in [-0.39, 0.29) is 12.5 Å². The molecule has 5 nitrogen and oxygen atoms in total. The third-order valence-electron chi connectivity index (χ3n) is 4.38. The molecule has 0 saturated heterocycles. The molecule has 2 aromatic carbocycles. The first kappa shape index (κ1) is 19.2. The fourth-order valence-corrected chi connectivity index (χ4v) is 3.92. The van der Waals surface area contributed by atoms with Gasteiger partial charge < -0.3 is 14.6 Å². The van der Waals surface area contributed by atoms with Crippen molar-refractivity contribution in [3.05, 3.63) is 77.3 Å². The lowest BCUT2D eigenvalue weighted by atomic mass is 10.2. The van der Waals surface area contributed by atoms with E-state index < -0.39 is 0 Å². The zero-order valence-corrected chi connectivity index (χ0v) is 17.2. The summed E-state index contributed by atoms with van der Waals surface area (Å²) in [5.41, 5.74) is 3.52. The Morgan fingerprint density at radius 1 is 1.14 bits per heavy atom. The molecule has 29 heavy (non-hydrogen) atoms. The molecular formula is C22H18ClN3O2S. The van der Waals surface area contributed by atoms with Gasteiger partial charge in [-0.2, -0.15) is 0 Å². The number of aromatic nitrogens is 2. The Bertz CT molecular complexity index is 1120. The molecule has 1 amide bonds. The van der Waals surface area contributed by atoms with Crippen LogP contribution in [0.3, 0.4) is 0 Å². The Hall–Kier alpha value is -3.09. The molecule has 0 fully saturated rings. The van der Waals surface area contributed by atoms with Gasteiger partial charge in [0.25, 0.3) is 0 Å². The average Bonchev–Trinajstić information content (AvgIpc) is 3.38. The highest BCUT2D eigenvalue weighted by molar-refractivity contribution is 7.13. The number of thiazole rings is 1. The number of ether oxygens (including phenoxy) is 1. The number of carbonyl (C=O) groups excluding carboxylic acids is 1. The predicted octanol–water partition coefficient (Wildman–Crippen LogP) is 5.58. The second kappa shape index (κ2) is 8.51. The van der Waals surface area contributed by atoms with Crippen LogP contribution in [0.5, 0.6) is 5.75 Å². The number of nitrogens with one attached hydrogen (secondary N) is 1. The minimum atomic E-state index is -0.109. The van der Waals surface area contributed by atoms with Crippen molar-refractivity contribution < 1.29 is 9.53 Å². The van der Waals surface area contributed by atoms with Crippen molar-refractivity contribution in [1.82, 2.24) is 9.55 Å². The van der Waals surface area contributed by atoms with Crippen molar-refractivity contribution in [2.75, 3.05) is 12.4 Å². The minimum Gasteiger partial charge on any atom is -0.497 e. The third kappa shape index (κ3) is 4.50. The molecule has 0 radical (unpaired) electrons. The van der Waals surface area contributed by atoms with Gasteiger partial charge >= 0.3 is 0 Å². The Morgan fingerprint density at radius 3 is 2.62 bits per heavy atom. The second-order valence-corrected chi connectivity index (χ2v) is 7.64. The molecule has 0 aliphatic heterocycles. The van der Waals surface area contributed by atoms with Crippen LogP contribution in [0.4, 0.5) is 5.69 Å². The number of rotatable bonds is 6. The zero-order valence-electron chi connectivity index (χ0n) is 15.6. The summed E-state index contributed by atoms with van der Waals surface area (Å²) in [4.78, 5) is 17.2. The normalized spacial score (nSPS) is 10.7. The lowest BCUT2D eigenvalue weighted by Crippen LogP contribution is -2.18. The number of benzene rings is 2. The molecular weight excluding hydrogens is 406 g/mol. The molecule has 2 aromatic heterocycles. The van der Waals surface area contributed by atoms with Gasteiger partial charge in [0.15, 0.2) is 0 Å². The summed E-state index contributed by atoms with van der Waals surface area (Å²) < 4.78 is 7.03.